The summed E-state index contributed by atoms with van der Waals surface area (Å²) in [7, 11) is 0. The molecule has 1 amide bonds. The molecule has 0 bridgehead atoms. The lowest BCUT2D eigenvalue weighted by molar-refractivity contribution is 0.0922. The van der Waals surface area contributed by atoms with Crippen LogP contribution < -0.4 is 10.1 Å². The maximum Gasteiger partial charge on any atom is 0.270 e. The molecule has 0 atom stereocenters. The molecule has 1 heterocycles. The summed E-state index contributed by atoms with van der Waals surface area (Å²) in [4.78, 5) is 16.9. The SMILES string of the molecule is Cc1cccc(C)c1OCc1cccc(C(=O)NC2CCCCC2)n1. The number of pyridine rings is 1. The number of ether oxygens (including phenoxy) is 1. The summed E-state index contributed by atoms with van der Waals surface area (Å²) in [5.41, 5.74) is 3.43. The third-order valence-corrected chi connectivity index (χ3v) is 4.75. The summed E-state index contributed by atoms with van der Waals surface area (Å²) in [6.07, 6.45) is 5.81. The number of carbonyl (C=O) groups is 1. The molecule has 0 spiro atoms. The number of hydrogen-bond acceptors (Lipinski definition) is 3. The Morgan fingerprint density at radius 1 is 1.08 bits per heavy atom. The second-order valence-corrected chi connectivity index (χ2v) is 6.83. The number of aryl methyl sites for hydroxylation is 2. The molecule has 0 radical (unpaired) electrons. The zero-order valence-electron chi connectivity index (χ0n) is 15.0. The number of carbonyl (C=O) groups excluding carboxylic acids is 1. The fourth-order valence-electron chi connectivity index (χ4n) is 3.37. The summed E-state index contributed by atoms with van der Waals surface area (Å²) in [5, 5.41) is 3.11. The Morgan fingerprint density at radius 2 is 1.76 bits per heavy atom. The normalized spacial score (nSPS) is 15.0. The van der Waals surface area contributed by atoms with Gasteiger partial charge in [0.25, 0.3) is 5.91 Å². The molecule has 1 aromatic carbocycles. The maximum atomic E-state index is 12.4. The lowest BCUT2D eigenvalue weighted by atomic mass is 9.95. The Balaban J connectivity index is 1.63. The van der Waals surface area contributed by atoms with E-state index >= 15 is 0 Å². The molecule has 0 saturated heterocycles. The van der Waals surface area contributed by atoms with Gasteiger partial charge in [-0.1, -0.05) is 43.5 Å². The Hall–Kier alpha value is -2.36. The largest absolute Gasteiger partial charge is 0.487 e. The minimum Gasteiger partial charge on any atom is -0.487 e. The van der Waals surface area contributed by atoms with Gasteiger partial charge in [-0.25, -0.2) is 4.98 Å². The number of aromatic nitrogens is 1. The van der Waals surface area contributed by atoms with Crippen LogP contribution in [0.3, 0.4) is 0 Å². The second-order valence-electron chi connectivity index (χ2n) is 6.83. The number of nitrogens with one attached hydrogen (secondary N) is 1. The minimum atomic E-state index is -0.0826. The lowest BCUT2D eigenvalue weighted by Gasteiger charge is -2.22. The minimum absolute atomic E-state index is 0.0826. The standard InChI is InChI=1S/C21H26N2O2/c1-15-8-6-9-16(2)20(15)25-14-18-12-7-13-19(22-18)21(24)23-17-10-4-3-5-11-17/h6-9,12-13,17H,3-5,10-11,14H2,1-2H3,(H,23,24). The summed E-state index contributed by atoms with van der Waals surface area (Å²) in [5.74, 6) is 0.808. The van der Waals surface area contributed by atoms with E-state index in [-0.39, 0.29) is 11.9 Å². The van der Waals surface area contributed by atoms with Crippen LogP contribution in [0.2, 0.25) is 0 Å². The first-order valence-corrected chi connectivity index (χ1v) is 9.09. The highest BCUT2D eigenvalue weighted by Gasteiger charge is 2.17. The van der Waals surface area contributed by atoms with Crippen molar-refractivity contribution in [2.75, 3.05) is 0 Å². The molecular formula is C21H26N2O2. The van der Waals surface area contributed by atoms with E-state index in [9.17, 15) is 4.79 Å². The third-order valence-electron chi connectivity index (χ3n) is 4.75. The second kappa shape index (κ2) is 8.15. The van der Waals surface area contributed by atoms with Crippen molar-refractivity contribution in [1.82, 2.24) is 10.3 Å². The van der Waals surface area contributed by atoms with Crippen LogP contribution in [0.4, 0.5) is 0 Å². The summed E-state index contributed by atoms with van der Waals surface area (Å²) < 4.78 is 5.94. The number of amides is 1. The summed E-state index contributed by atoms with van der Waals surface area (Å²) in [6, 6.07) is 11.9. The van der Waals surface area contributed by atoms with Crippen molar-refractivity contribution in [3.8, 4) is 5.75 Å². The van der Waals surface area contributed by atoms with E-state index in [0.717, 1.165) is 35.4 Å². The topological polar surface area (TPSA) is 51.2 Å². The van der Waals surface area contributed by atoms with Crippen LogP contribution >= 0.6 is 0 Å². The molecule has 1 aromatic heterocycles. The van der Waals surface area contributed by atoms with Gasteiger partial charge >= 0.3 is 0 Å². The van der Waals surface area contributed by atoms with E-state index < -0.39 is 0 Å². The van der Waals surface area contributed by atoms with Crippen LogP contribution in [0.25, 0.3) is 0 Å². The fraction of sp³-hybridized carbons (Fsp3) is 0.429. The molecule has 1 N–H and O–H groups in total. The van der Waals surface area contributed by atoms with Gasteiger partial charge in [0.05, 0.1) is 5.69 Å². The maximum absolute atomic E-state index is 12.4. The number of benzene rings is 1. The highest BCUT2D eigenvalue weighted by atomic mass is 16.5. The van der Waals surface area contributed by atoms with E-state index in [4.69, 9.17) is 4.74 Å². The Labute approximate surface area is 149 Å². The van der Waals surface area contributed by atoms with Gasteiger partial charge in [-0.2, -0.15) is 0 Å². The zero-order chi connectivity index (χ0) is 17.6. The molecule has 25 heavy (non-hydrogen) atoms. The summed E-state index contributed by atoms with van der Waals surface area (Å²) in [6.45, 7) is 4.42. The van der Waals surface area contributed by atoms with E-state index in [1.807, 2.05) is 44.2 Å². The molecule has 4 nitrogen and oxygen atoms in total. The van der Waals surface area contributed by atoms with E-state index in [1.54, 1.807) is 6.07 Å². The smallest absolute Gasteiger partial charge is 0.270 e. The molecule has 1 aliphatic carbocycles. The first-order chi connectivity index (χ1) is 12.1. The van der Waals surface area contributed by atoms with Gasteiger partial charge in [-0.3, -0.25) is 4.79 Å². The van der Waals surface area contributed by atoms with Crippen LogP contribution in [0.1, 0.15) is 59.4 Å². The van der Waals surface area contributed by atoms with Gasteiger partial charge in [0.2, 0.25) is 0 Å². The highest BCUT2D eigenvalue weighted by molar-refractivity contribution is 5.92. The van der Waals surface area contributed by atoms with Crippen LogP contribution in [0.5, 0.6) is 5.75 Å². The van der Waals surface area contributed by atoms with Crippen LogP contribution in [0, 0.1) is 13.8 Å². The summed E-state index contributed by atoms with van der Waals surface area (Å²) >= 11 is 0. The average Bonchev–Trinajstić information content (AvgIpc) is 2.62. The Bertz CT molecular complexity index is 716. The van der Waals surface area contributed by atoms with Crippen LogP contribution in [-0.2, 0) is 6.61 Å². The number of para-hydroxylation sites is 1. The average molecular weight is 338 g/mol. The molecular weight excluding hydrogens is 312 g/mol. The quantitative estimate of drug-likeness (QED) is 0.882. The van der Waals surface area contributed by atoms with Crippen molar-refractivity contribution >= 4 is 5.91 Å². The monoisotopic (exact) mass is 338 g/mol. The Morgan fingerprint density at radius 3 is 2.48 bits per heavy atom. The van der Waals surface area contributed by atoms with Crippen LogP contribution in [0.15, 0.2) is 36.4 Å². The van der Waals surface area contributed by atoms with Crippen molar-refractivity contribution in [2.24, 2.45) is 0 Å². The number of hydrogen-bond donors (Lipinski definition) is 1. The molecule has 4 heteroatoms. The van der Waals surface area contributed by atoms with Crippen molar-refractivity contribution in [3.05, 3.63) is 58.9 Å². The molecule has 0 aliphatic heterocycles. The zero-order valence-corrected chi connectivity index (χ0v) is 15.0. The van der Waals surface area contributed by atoms with Crippen LogP contribution in [-0.4, -0.2) is 16.9 Å². The van der Waals surface area contributed by atoms with Gasteiger partial charge in [0.1, 0.15) is 18.1 Å². The van der Waals surface area contributed by atoms with Crippen molar-refractivity contribution in [2.45, 2.75) is 58.6 Å². The first kappa shape index (κ1) is 17.5. The predicted molar refractivity (Wildman–Crippen MR) is 98.8 cm³/mol. The number of nitrogens with zero attached hydrogens (tertiary/aromatic N) is 1. The van der Waals surface area contributed by atoms with E-state index in [0.29, 0.717) is 12.3 Å². The van der Waals surface area contributed by atoms with Gasteiger partial charge in [-0.15, -0.1) is 0 Å². The number of rotatable bonds is 5. The van der Waals surface area contributed by atoms with Crippen molar-refractivity contribution in [1.29, 1.82) is 0 Å². The third kappa shape index (κ3) is 4.59. The molecule has 1 fully saturated rings. The molecule has 1 saturated carbocycles. The van der Waals surface area contributed by atoms with Gasteiger partial charge < -0.3 is 10.1 Å². The van der Waals surface area contributed by atoms with Crippen molar-refractivity contribution < 1.29 is 9.53 Å². The van der Waals surface area contributed by atoms with Gasteiger partial charge in [0, 0.05) is 6.04 Å². The Kier molecular flexibility index (Phi) is 5.69. The fourth-order valence-corrected chi connectivity index (χ4v) is 3.37. The van der Waals surface area contributed by atoms with E-state index in [1.165, 1.54) is 19.3 Å². The first-order valence-electron chi connectivity index (χ1n) is 9.09. The van der Waals surface area contributed by atoms with Gasteiger partial charge in [0.15, 0.2) is 0 Å². The molecule has 3 rings (SSSR count). The predicted octanol–water partition coefficient (Wildman–Crippen LogP) is 4.34. The molecule has 132 valence electrons. The highest BCUT2D eigenvalue weighted by Crippen LogP contribution is 2.23. The van der Waals surface area contributed by atoms with E-state index in [2.05, 4.69) is 10.3 Å². The van der Waals surface area contributed by atoms with Gasteiger partial charge in [-0.05, 0) is 49.9 Å². The van der Waals surface area contributed by atoms with Crippen molar-refractivity contribution in [3.63, 3.8) is 0 Å². The molecule has 1 aliphatic rings. The lowest BCUT2D eigenvalue weighted by Crippen LogP contribution is -2.36. The molecule has 2 aromatic rings. The molecule has 0 unspecified atom stereocenters.